The SMILES string of the molecule is COC(=O)COc1cccc(NC(=O)c2ccc(OC(C)C)c(OC)c2)c1. The number of amides is 1. The molecule has 7 heteroatoms. The average Bonchev–Trinajstić information content (AvgIpc) is 2.66. The van der Waals surface area contributed by atoms with Crippen molar-refractivity contribution in [2.45, 2.75) is 20.0 Å². The Morgan fingerprint density at radius 2 is 1.81 bits per heavy atom. The summed E-state index contributed by atoms with van der Waals surface area (Å²) >= 11 is 0. The number of carbonyl (C=O) groups excluding carboxylic acids is 2. The molecule has 0 aliphatic rings. The van der Waals surface area contributed by atoms with E-state index in [4.69, 9.17) is 14.2 Å². The number of nitrogens with one attached hydrogen (secondary N) is 1. The Labute approximate surface area is 158 Å². The van der Waals surface area contributed by atoms with Gasteiger partial charge in [0.15, 0.2) is 18.1 Å². The lowest BCUT2D eigenvalue weighted by atomic mass is 10.1. The molecule has 2 aromatic rings. The summed E-state index contributed by atoms with van der Waals surface area (Å²) in [6.07, 6.45) is -0.00805. The zero-order valence-corrected chi connectivity index (χ0v) is 15.8. The monoisotopic (exact) mass is 373 g/mol. The summed E-state index contributed by atoms with van der Waals surface area (Å²) in [5.41, 5.74) is 0.952. The normalized spacial score (nSPS) is 10.3. The standard InChI is InChI=1S/C20H23NO6/c1-13(2)27-17-9-8-14(10-18(17)24-3)20(23)21-15-6-5-7-16(11-15)26-12-19(22)25-4/h5-11,13H,12H2,1-4H3,(H,21,23). The minimum atomic E-state index is -0.486. The maximum Gasteiger partial charge on any atom is 0.343 e. The first kappa shape index (κ1) is 20.1. The van der Waals surface area contributed by atoms with Gasteiger partial charge in [-0.1, -0.05) is 6.07 Å². The molecular formula is C20H23NO6. The zero-order valence-electron chi connectivity index (χ0n) is 15.8. The topological polar surface area (TPSA) is 83.1 Å². The summed E-state index contributed by atoms with van der Waals surface area (Å²) in [6.45, 7) is 3.62. The van der Waals surface area contributed by atoms with E-state index in [0.717, 1.165) is 0 Å². The number of esters is 1. The fourth-order valence-corrected chi connectivity index (χ4v) is 2.23. The molecule has 0 spiro atoms. The number of ether oxygens (including phenoxy) is 4. The van der Waals surface area contributed by atoms with E-state index in [1.807, 2.05) is 13.8 Å². The van der Waals surface area contributed by atoms with Crippen LogP contribution in [0, 0.1) is 0 Å². The van der Waals surface area contributed by atoms with E-state index in [9.17, 15) is 9.59 Å². The highest BCUT2D eigenvalue weighted by Crippen LogP contribution is 2.29. The van der Waals surface area contributed by atoms with Crippen molar-refractivity contribution in [1.29, 1.82) is 0 Å². The molecule has 7 nitrogen and oxygen atoms in total. The first-order valence-corrected chi connectivity index (χ1v) is 8.38. The minimum Gasteiger partial charge on any atom is -0.493 e. The quantitative estimate of drug-likeness (QED) is 0.715. The molecule has 144 valence electrons. The van der Waals surface area contributed by atoms with Crippen molar-refractivity contribution in [3.05, 3.63) is 48.0 Å². The number of methoxy groups -OCH3 is 2. The summed E-state index contributed by atoms with van der Waals surface area (Å²) in [5.74, 6) is 0.694. The van der Waals surface area contributed by atoms with Crippen LogP contribution in [0.1, 0.15) is 24.2 Å². The molecular weight excluding hydrogens is 350 g/mol. The van der Waals surface area contributed by atoms with Crippen molar-refractivity contribution >= 4 is 17.6 Å². The Bertz CT molecular complexity index is 803. The molecule has 0 fully saturated rings. The molecule has 0 saturated heterocycles. The highest BCUT2D eigenvalue weighted by atomic mass is 16.6. The Kier molecular flexibility index (Phi) is 7.05. The summed E-state index contributed by atoms with van der Waals surface area (Å²) in [4.78, 5) is 23.7. The highest BCUT2D eigenvalue weighted by molar-refractivity contribution is 6.04. The van der Waals surface area contributed by atoms with Gasteiger partial charge in [-0.15, -0.1) is 0 Å². The Hall–Kier alpha value is -3.22. The predicted octanol–water partition coefficient (Wildman–Crippen LogP) is 3.29. The van der Waals surface area contributed by atoms with Crippen LogP contribution in [-0.4, -0.2) is 38.8 Å². The van der Waals surface area contributed by atoms with Crippen LogP contribution in [0.3, 0.4) is 0 Å². The Morgan fingerprint density at radius 1 is 1.04 bits per heavy atom. The number of anilines is 1. The van der Waals surface area contributed by atoms with Crippen LogP contribution < -0.4 is 19.5 Å². The summed E-state index contributed by atoms with van der Waals surface area (Å²) in [7, 11) is 2.81. The highest BCUT2D eigenvalue weighted by Gasteiger charge is 2.13. The summed E-state index contributed by atoms with van der Waals surface area (Å²) < 4.78 is 20.8. The average molecular weight is 373 g/mol. The molecule has 0 aliphatic heterocycles. The first-order valence-electron chi connectivity index (χ1n) is 8.38. The summed E-state index contributed by atoms with van der Waals surface area (Å²) in [6, 6.07) is 11.7. The molecule has 1 N–H and O–H groups in total. The molecule has 0 aliphatic carbocycles. The van der Waals surface area contributed by atoms with E-state index < -0.39 is 5.97 Å². The molecule has 0 atom stereocenters. The van der Waals surface area contributed by atoms with Crippen LogP contribution in [0.25, 0.3) is 0 Å². The summed E-state index contributed by atoms with van der Waals surface area (Å²) in [5, 5.41) is 2.78. The van der Waals surface area contributed by atoms with Crippen LogP contribution in [-0.2, 0) is 9.53 Å². The number of rotatable bonds is 8. The van der Waals surface area contributed by atoms with Crippen LogP contribution in [0.5, 0.6) is 17.2 Å². The van der Waals surface area contributed by atoms with E-state index in [2.05, 4.69) is 10.1 Å². The van der Waals surface area contributed by atoms with Crippen molar-refractivity contribution in [3.8, 4) is 17.2 Å². The van der Waals surface area contributed by atoms with E-state index in [1.165, 1.54) is 14.2 Å². The van der Waals surface area contributed by atoms with Crippen molar-refractivity contribution in [2.24, 2.45) is 0 Å². The molecule has 0 radical (unpaired) electrons. The smallest absolute Gasteiger partial charge is 0.343 e. The molecule has 0 aromatic heterocycles. The largest absolute Gasteiger partial charge is 0.493 e. The van der Waals surface area contributed by atoms with Crippen molar-refractivity contribution in [2.75, 3.05) is 26.1 Å². The Morgan fingerprint density at radius 3 is 2.48 bits per heavy atom. The number of hydrogen-bond donors (Lipinski definition) is 1. The molecule has 1 amide bonds. The molecule has 27 heavy (non-hydrogen) atoms. The van der Waals surface area contributed by atoms with Gasteiger partial charge in [0, 0.05) is 17.3 Å². The van der Waals surface area contributed by atoms with Gasteiger partial charge in [-0.05, 0) is 44.2 Å². The molecule has 2 aromatic carbocycles. The van der Waals surface area contributed by atoms with Gasteiger partial charge in [0.25, 0.3) is 5.91 Å². The predicted molar refractivity (Wildman–Crippen MR) is 101 cm³/mol. The fourth-order valence-electron chi connectivity index (χ4n) is 2.23. The lowest BCUT2D eigenvalue weighted by Gasteiger charge is -2.14. The van der Waals surface area contributed by atoms with Crippen molar-refractivity contribution in [1.82, 2.24) is 0 Å². The van der Waals surface area contributed by atoms with Crippen molar-refractivity contribution < 1.29 is 28.5 Å². The number of carbonyl (C=O) groups is 2. The second kappa shape index (κ2) is 9.47. The van der Waals surface area contributed by atoms with E-state index >= 15 is 0 Å². The zero-order chi connectivity index (χ0) is 19.8. The maximum absolute atomic E-state index is 12.5. The lowest BCUT2D eigenvalue weighted by Crippen LogP contribution is -2.14. The number of hydrogen-bond acceptors (Lipinski definition) is 6. The number of benzene rings is 2. The van der Waals surface area contributed by atoms with Crippen LogP contribution in [0.2, 0.25) is 0 Å². The third-order valence-corrected chi connectivity index (χ3v) is 3.46. The molecule has 2 rings (SSSR count). The second-order valence-corrected chi connectivity index (χ2v) is 5.88. The van der Waals surface area contributed by atoms with Crippen LogP contribution >= 0.6 is 0 Å². The van der Waals surface area contributed by atoms with Gasteiger partial charge < -0.3 is 24.3 Å². The first-order chi connectivity index (χ1) is 12.9. The Balaban J connectivity index is 2.09. The van der Waals surface area contributed by atoms with E-state index in [-0.39, 0.29) is 18.6 Å². The minimum absolute atomic E-state index is 0.00805. The van der Waals surface area contributed by atoms with Gasteiger partial charge >= 0.3 is 5.97 Å². The molecule has 0 heterocycles. The van der Waals surface area contributed by atoms with Gasteiger partial charge in [0.1, 0.15) is 5.75 Å². The van der Waals surface area contributed by atoms with Crippen LogP contribution in [0.4, 0.5) is 5.69 Å². The van der Waals surface area contributed by atoms with Gasteiger partial charge in [0.05, 0.1) is 20.3 Å². The van der Waals surface area contributed by atoms with Gasteiger partial charge in [-0.2, -0.15) is 0 Å². The maximum atomic E-state index is 12.5. The second-order valence-electron chi connectivity index (χ2n) is 5.88. The fraction of sp³-hybridized carbons (Fsp3) is 0.300. The lowest BCUT2D eigenvalue weighted by molar-refractivity contribution is -0.142. The molecule has 0 unspecified atom stereocenters. The molecule has 0 bridgehead atoms. The van der Waals surface area contributed by atoms with Crippen LogP contribution in [0.15, 0.2) is 42.5 Å². The van der Waals surface area contributed by atoms with Gasteiger partial charge in [0.2, 0.25) is 0 Å². The van der Waals surface area contributed by atoms with Gasteiger partial charge in [-0.25, -0.2) is 4.79 Å². The van der Waals surface area contributed by atoms with E-state index in [1.54, 1.807) is 42.5 Å². The van der Waals surface area contributed by atoms with Crippen molar-refractivity contribution in [3.63, 3.8) is 0 Å². The van der Waals surface area contributed by atoms with E-state index in [0.29, 0.717) is 28.5 Å². The molecule has 0 saturated carbocycles. The third kappa shape index (κ3) is 5.91. The third-order valence-electron chi connectivity index (χ3n) is 3.46. The van der Waals surface area contributed by atoms with Gasteiger partial charge in [-0.3, -0.25) is 4.79 Å².